The lowest BCUT2D eigenvalue weighted by Crippen LogP contribution is -2.56. The van der Waals surface area contributed by atoms with Crippen molar-refractivity contribution in [2.24, 2.45) is 0 Å². The molecule has 0 unspecified atom stereocenters. The van der Waals surface area contributed by atoms with Crippen LogP contribution in [0.3, 0.4) is 0 Å². The highest BCUT2D eigenvalue weighted by Gasteiger charge is 2.44. The molecule has 0 amide bonds. The van der Waals surface area contributed by atoms with Gasteiger partial charge in [0, 0.05) is 11.6 Å². The molecule has 1 N–H and O–H groups in total. The van der Waals surface area contributed by atoms with E-state index in [2.05, 4.69) is 4.98 Å². The van der Waals surface area contributed by atoms with Gasteiger partial charge in [-0.3, -0.25) is 4.98 Å². The Bertz CT molecular complexity index is 710. The summed E-state index contributed by atoms with van der Waals surface area (Å²) in [5.74, 6) is -4.62. The molecule has 1 aromatic heterocycles. The Morgan fingerprint density at radius 1 is 1.30 bits per heavy atom. The van der Waals surface area contributed by atoms with Gasteiger partial charge in [0.2, 0.25) is 0 Å². The number of alkyl halides is 2. The fourth-order valence-corrected chi connectivity index (χ4v) is 2.18. The van der Waals surface area contributed by atoms with Crippen molar-refractivity contribution in [3.8, 4) is 0 Å². The minimum Gasteiger partial charge on any atom is -0.478 e. The summed E-state index contributed by atoms with van der Waals surface area (Å²) in [6, 6.07) is 3.76. The molecule has 4 nitrogen and oxygen atoms in total. The predicted molar refractivity (Wildman–Crippen MR) is 65.8 cm³/mol. The summed E-state index contributed by atoms with van der Waals surface area (Å²) in [5, 5.41) is 9.15. The molecule has 3 rings (SSSR count). The van der Waals surface area contributed by atoms with Crippen molar-refractivity contribution >= 4 is 22.6 Å². The van der Waals surface area contributed by atoms with Crippen molar-refractivity contribution in [2.45, 2.75) is 5.92 Å². The second-order valence-corrected chi connectivity index (χ2v) is 4.74. The lowest BCUT2D eigenvalue weighted by Gasteiger charge is -2.40. The highest BCUT2D eigenvalue weighted by molar-refractivity contribution is 5.93. The molecule has 0 radical (unpaired) electrons. The van der Waals surface area contributed by atoms with E-state index < -0.39 is 30.8 Å². The number of aromatic nitrogens is 1. The number of aromatic carboxylic acids is 1. The third kappa shape index (κ3) is 2.04. The first-order chi connectivity index (χ1) is 9.35. The zero-order valence-corrected chi connectivity index (χ0v) is 10.1. The molecule has 1 aromatic carbocycles. The summed E-state index contributed by atoms with van der Waals surface area (Å²) in [6.07, 6.45) is 1.15. The molecule has 20 heavy (non-hydrogen) atoms. The Labute approximate surface area is 111 Å². The Kier molecular flexibility index (Phi) is 2.60. The van der Waals surface area contributed by atoms with E-state index in [0.29, 0.717) is 10.9 Å². The molecule has 2 aromatic rings. The lowest BCUT2D eigenvalue weighted by molar-refractivity contribution is -0.0265. The molecular formula is C13H9F3N2O2. The van der Waals surface area contributed by atoms with Crippen LogP contribution < -0.4 is 4.90 Å². The van der Waals surface area contributed by atoms with Crippen LogP contribution >= 0.6 is 0 Å². The van der Waals surface area contributed by atoms with Crippen molar-refractivity contribution < 1.29 is 23.1 Å². The van der Waals surface area contributed by atoms with Crippen molar-refractivity contribution in [1.82, 2.24) is 4.98 Å². The number of carbonyl (C=O) groups is 1. The van der Waals surface area contributed by atoms with E-state index in [1.54, 1.807) is 0 Å². The number of halogens is 3. The van der Waals surface area contributed by atoms with E-state index in [-0.39, 0.29) is 11.3 Å². The lowest BCUT2D eigenvalue weighted by atomic mass is 10.1. The second-order valence-electron chi connectivity index (χ2n) is 4.74. The van der Waals surface area contributed by atoms with Gasteiger partial charge >= 0.3 is 5.97 Å². The fourth-order valence-electron chi connectivity index (χ4n) is 2.18. The van der Waals surface area contributed by atoms with Crippen LogP contribution in [-0.2, 0) is 0 Å². The number of fused-ring (bicyclic) bond motifs is 1. The van der Waals surface area contributed by atoms with Crippen molar-refractivity contribution in [1.29, 1.82) is 0 Å². The molecule has 0 saturated carbocycles. The number of carboxylic acids is 1. The Balaban J connectivity index is 2.02. The largest absolute Gasteiger partial charge is 0.478 e. The molecule has 1 fully saturated rings. The van der Waals surface area contributed by atoms with Crippen LogP contribution in [0.15, 0.2) is 24.4 Å². The summed E-state index contributed by atoms with van der Waals surface area (Å²) in [5.41, 5.74) is 0.362. The van der Waals surface area contributed by atoms with Gasteiger partial charge < -0.3 is 10.0 Å². The maximum Gasteiger partial charge on any atom is 0.337 e. The topological polar surface area (TPSA) is 53.4 Å². The predicted octanol–water partition coefficient (Wildman–Crippen LogP) is 2.53. The van der Waals surface area contributed by atoms with Crippen LogP contribution in [0, 0.1) is 5.82 Å². The Morgan fingerprint density at radius 3 is 2.60 bits per heavy atom. The summed E-state index contributed by atoms with van der Waals surface area (Å²) >= 11 is 0. The molecule has 0 atom stereocenters. The van der Waals surface area contributed by atoms with Gasteiger partial charge in [-0.05, 0) is 18.2 Å². The van der Waals surface area contributed by atoms with E-state index in [1.807, 2.05) is 0 Å². The number of hydrogen-bond donors (Lipinski definition) is 1. The van der Waals surface area contributed by atoms with E-state index in [9.17, 15) is 18.0 Å². The van der Waals surface area contributed by atoms with Crippen LogP contribution in [-0.4, -0.2) is 35.1 Å². The smallest absolute Gasteiger partial charge is 0.337 e. The summed E-state index contributed by atoms with van der Waals surface area (Å²) < 4.78 is 39.5. The van der Waals surface area contributed by atoms with Crippen LogP contribution in [0.2, 0.25) is 0 Å². The van der Waals surface area contributed by atoms with Gasteiger partial charge in [0.1, 0.15) is 5.82 Å². The van der Waals surface area contributed by atoms with Gasteiger partial charge in [-0.15, -0.1) is 0 Å². The van der Waals surface area contributed by atoms with Crippen molar-refractivity contribution in [3.63, 3.8) is 0 Å². The van der Waals surface area contributed by atoms with Gasteiger partial charge in [0.15, 0.2) is 0 Å². The SMILES string of the molecule is O=C(O)c1cnc2cc(N3CC(F)(F)C3)c(F)cc2c1. The summed E-state index contributed by atoms with van der Waals surface area (Å²) in [7, 11) is 0. The Morgan fingerprint density at radius 2 is 2.00 bits per heavy atom. The molecule has 7 heteroatoms. The molecule has 0 spiro atoms. The molecule has 1 aliphatic heterocycles. The molecule has 0 aliphatic carbocycles. The first-order valence-electron chi connectivity index (χ1n) is 5.81. The number of pyridine rings is 1. The first-order valence-corrected chi connectivity index (χ1v) is 5.81. The maximum atomic E-state index is 13.9. The van der Waals surface area contributed by atoms with Gasteiger partial charge in [-0.25, -0.2) is 18.0 Å². The van der Waals surface area contributed by atoms with Gasteiger partial charge in [0.25, 0.3) is 5.92 Å². The zero-order valence-electron chi connectivity index (χ0n) is 10.1. The summed E-state index contributed by atoms with van der Waals surface area (Å²) in [4.78, 5) is 15.9. The normalized spacial score (nSPS) is 17.1. The average molecular weight is 282 g/mol. The number of benzene rings is 1. The number of hydrogen-bond acceptors (Lipinski definition) is 3. The highest BCUT2D eigenvalue weighted by atomic mass is 19.3. The maximum absolute atomic E-state index is 13.9. The fraction of sp³-hybridized carbons (Fsp3) is 0.231. The third-order valence-corrected chi connectivity index (χ3v) is 3.18. The molecule has 1 saturated heterocycles. The number of rotatable bonds is 2. The van der Waals surface area contributed by atoms with E-state index in [0.717, 1.165) is 12.3 Å². The number of anilines is 1. The third-order valence-electron chi connectivity index (χ3n) is 3.18. The molecule has 104 valence electrons. The van der Waals surface area contributed by atoms with E-state index in [4.69, 9.17) is 5.11 Å². The summed E-state index contributed by atoms with van der Waals surface area (Å²) in [6.45, 7) is -1.05. The molecule has 1 aliphatic rings. The van der Waals surface area contributed by atoms with Crippen molar-refractivity contribution in [3.05, 3.63) is 35.8 Å². The van der Waals surface area contributed by atoms with Gasteiger partial charge in [-0.2, -0.15) is 0 Å². The monoisotopic (exact) mass is 282 g/mol. The van der Waals surface area contributed by atoms with E-state index in [1.165, 1.54) is 17.0 Å². The first kappa shape index (κ1) is 12.7. The zero-order chi connectivity index (χ0) is 14.5. The standard InChI is InChI=1S/C13H9F3N2O2/c14-9-2-7-1-8(12(19)20)4-17-10(7)3-11(9)18-5-13(15,16)6-18/h1-4H,5-6H2,(H,19,20). The average Bonchev–Trinajstić information content (AvgIpc) is 2.34. The minimum absolute atomic E-state index is 0.0546. The molecule has 2 heterocycles. The molecular weight excluding hydrogens is 273 g/mol. The van der Waals surface area contributed by atoms with Crippen LogP contribution in [0.1, 0.15) is 10.4 Å². The minimum atomic E-state index is -2.79. The highest BCUT2D eigenvalue weighted by Crippen LogP contribution is 2.34. The van der Waals surface area contributed by atoms with E-state index >= 15 is 0 Å². The Hall–Kier alpha value is -2.31. The van der Waals surface area contributed by atoms with Gasteiger partial charge in [0.05, 0.1) is 29.9 Å². The van der Waals surface area contributed by atoms with Crippen LogP contribution in [0.5, 0.6) is 0 Å². The van der Waals surface area contributed by atoms with Gasteiger partial charge in [-0.1, -0.05) is 0 Å². The second kappa shape index (κ2) is 4.09. The van der Waals surface area contributed by atoms with Crippen molar-refractivity contribution in [2.75, 3.05) is 18.0 Å². The van der Waals surface area contributed by atoms with Crippen LogP contribution in [0.25, 0.3) is 10.9 Å². The quantitative estimate of drug-likeness (QED) is 0.919. The number of nitrogens with zero attached hydrogens (tertiary/aromatic N) is 2. The number of carboxylic acid groups (broad SMARTS) is 1. The molecule has 0 bridgehead atoms. The van der Waals surface area contributed by atoms with Crippen LogP contribution in [0.4, 0.5) is 18.9 Å².